The number of hydrazine groups is 1. The highest BCUT2D eigenvalue weighted by Gasteiger charge is 2.41. The lowest BCUT2D eigenvalue weighted by Crippen LogP contribution is -2.62. The molecule has 340 valence electrons. The summed E-state index contributed by atoms with van der Waals surface area (Å²) in [6, 6.07) is 6.96. The molecule has 3 aromatic heterocycles. The summed E-state index contributed by atoms with van der Waals surface area (Å²) in [4.78, 5) is 69.5. The molecule has 2 fully saturated rings. The number of carbonyl (C=O) groups is 4. The number of likely N-dealkylation sites (N-methyl/N-ethyl adjacent to an activating group) is 1. The number of esters is 1. The molecule has 6 bridgehead atoms. The number of nitrogens with zero attached hydrogens (tertiary/aromatic N) is 6. The van der Waals surface area contributed by atoms with Crippen LogP contribution in [0.5, 0.6) is 0 Å². The molecule has 16 nitrogen and oxygen atoms in total. The predicted molar refractivity (Wildman–Crippen MR) is 241 cm³/mol. The molecule has 3 aliphatic rings. The van der Waals surface area contributed by atoms with Crippen LogP contribution in [0.1, 0.15) is 76.8 Å². The second-order valence-electron chi connectivity index (χ2n) is 18.2. The number of amides is 4. The first-order chi connectivity index (χ1) is 30.0. The summed E-state index contributed by atoms with van der Waals surface area (Å²) in [5.74, 6) is -1.65. The van der Waals surface area contributed by atoms with Gasteiger partial charge < -0.3 is 39.6 Å². The van der Waals surface area contributed by atoms with Gasteiger partial charge in [-0.1, -0.05) is 33.8 Å². The Morgan fingerprint density at radius 3 is 2.63 bits per heavy atom. The van der Waals surface area contributed by atoms with Crippen LogP contribution in [0.25, 0.3) is 33.4 Å². The van der Waals surface area contributed by atoms with Crippen molar-refractivity contribution in [1.82, 2.24) is 40.1 Å². The van der Waals surface area contributed by atoms with Crippen LogP contribution in [0.4, 0.5) is 4.79 Å². The van der Waals surface area contributed by atoms with E-state index in [1.54, 1.807) is 32.4 Å². The van der Waals surface area contributed by atoms with Crippen molar-refractivity contribution >= 4 is 46.1 Å². The van der Waals surface area contributed by atoms with Gasteiger partial charge in [0, 0.05) is 86.3 Å². The van der Waals surface area contributed by atoms with E-state index in [1.807, 2.05) is 32.2 Å². The van der Waals surface area contributed by atoms with Crippen LogP contribution in [0.15, 0.2) is 41.9 Å². The first kappa shape index (κ1) is 46.1. The number of fused-ring (bicyclic) bond motifs is 6. The summed E-state index contributed by atoms with van der Waals surface area (Å²) in [6.07, 6.45) is 2.91. The number of rotatable bonds is 9. The second kappa shape index (κ2) is 19.0. The highest BCUT2D eigenvalue weighted by Crippen LogP contribution is 2.42. The lowest BCUT2D eigenvalue weighted by atomic mass is 9.84. The summed E-state index contributed by atoms with van der Waals surface area (Å²) >= 11 is 1.41. The van der Waals surface area contributed by atoms with Crippen molar-refractivity contribution in [2.45, 2.75) is 110 Å². The van der Waals surface area contributed by atoms with Gasteiger partial charge in [0.2, 0.25) is 5.91 Å². The van der Waals surface area contributed by atoms with Gasteiger partial charge in [0.05, 0.1) is 53.5 Å². The van der Waals surface area contributed by atoms with Crippen LogP contribution in [0, 0.1) is 11.3 Å². The molecule has 3 aliphatic heterocycles. The molecule has 1 aromatic carbocycles. The summed E-state index contributed by atoms with van der Waals surface area (Å²) in [5, 5.41) is 8.11. The van der Waals surface area contributed by atoms with E-state index in [9.17, 15) is 19.2 Å². The molecule has 0 unspecified atom stereocenters. The number of hydrogen-bond donors (Lipinski definition) is 3. The largest absolute Gasteiger partial charge is 0.464 e. The van der Waals surface area contributed by atoms with Crippen LogP contribution >= 0.6 is 11.3 Å². The number of urea groups is 1. The zero-order valence-electron chi connectivity index (χ0n) is 38.0. The number of methoxy groups -OCH3 is 2. The SMILES string of the molecule is CCn1c(-c2cccnc2[C@H](C)OC)c2c3cc(ccc31)-c1csc(n1)C[C@H](NC(=O)[C@H](C(C)C)N(C)C(=O)N1C[C@H](OC)[C@@H](N)C1)C(=O)N1CCC[C@H](N1)C(=O)OCC(C)(C)C2. The minimum absolute atomic E-state index is 0.0843. The number of hydrogen-bond acceptors (Lipinski definition) is 12. The number of thiazole rings is 1. The predicted octanol–water partition coefficient (Wildman–Crippen LogP) is 4.94. The van der Waals surface area contributed by atoms with Crippen molar-refractivity contribution in [2.75, 3.05) is 47.5 Å². The zero-order valence-corrected chi connectivity index (χ0v) is 38.8. The topological polar surface area (TPSA) is 186 Å². The molecular weight excluding hydrogens is 823 g/mol. The number of nitrogens with one attached hydrogen (secondary N) is 2. The number of cyclic esters (lactones) is 1. The molecule has 6 atom stereocenters. The highest BCUT2D eigenvalue weighted by molar-refractivity contribution is 7.10. The van der Waals surface area contributed by atoms with Crippen LogP contribution in [0.2, 0.25) is 0 Å². The Labute approximate surface area is 373 Å². The van der Waals surface area contributed by atoms with Gasteiger partial charge in [-0.25, -0.2) is 15.2 Å². The van der Waals surface area contributed by atoms with Crippen LogP contribution in [-0.2, 0) is 48.0 Å². The highest BCUT2D eigenvalue weighted by atomic mass is 32.1. The number of pyridine rings is 1. The summed E-state index contributed by atoms with van der Waals surface area (Å²) in [6.45, 7) is 13.8. The molecule has 7 rings (SSSR count). The van der Waals surface area contributed by atoms with E-state index in [2.05, 4.69) is 60.3 Å². The van der Waals surface area contributed by atoms with Gasteiger partial charge in [0.1, 0.15) is 18.1 Å². The number of likely N-dealkylation sites (tertiary alicyclic amines) is 1. The van der Waals surface area contributed by atoms with Gasteiger partial charge in [0.25, 0.3) is 5.91 Å². The normalized spacial score (nSPS) is 22.8. The van der Waals surface area contributed by atoms with E-state index in [0.29, 0.717) is 50.4 Å². The lowest BCUT2D eigenvalue weighted by Gasteiger charge is -2.37. The second-order valence-corrected chi connectivity index (χ2v) is 19.1. The van der Waals surface area contributed by atoms with Crippen molar-refractivity contribution in [1.29, 1.82) is 0 Å². The van der Waals surface area contributed by atoms with Gasteiger partial charge >= 0.3 is 12.0 Å². The van der Waals surface area contributed by atoms with Crippen molar-refractivity contribution < 1.29 is 33.4 Å². The van der Waals surface area contributed by atoms with Crippen molar-refractivity contribution in [3.63, 3.8) is 0 Å². The number of carbonyl (C=O) groups excluding carboxylic acids is 4. The Balaban J connectivity index is 1.28. The number of ether oxygens (including phenoxy) is 3. The smallest absolute Gasteiger partial charge is 0.324 e. The zero-order chi connectivity index (χ0) is 45.3. The summed E-state index contributed by atoms with van der Waals surface area (Å²) in [7, 11) is 4.84. The molecular formula is C46H63N9O7S. The third-order valence-electron chi connectivity index (χ3n) is 12.7. The van der Waals surface area contributed by atoms with E-state index in [4.69, 9.17) is 29.9 Å². The molecule has 4 N–H and O–H groups in total. The number of aryl methyl sites for hydroxylation is 1. The molecule has 0 spiro atoms. The van der Waals surface area contributed by atoms with Gasteiger partial charge in [-0.2, -0.15) is 0 Å². The number of aromatic nitrogens is 3. The van der Waals surface area contributed by atoms with Crippen molar-refractivity contribution in [3.05, 3.63) is 58.2 Å². The van der Waals surface area contributed by atoms with Crippen molar-refractivity contribution in [2.24, 2.45) is 17.1 Å². The molecule has 17 heteroatoms. The van der Waals surface area contributed by atoms with Gasteiger partial charge in [-0.05, 0) is 68.9 Å². The van der Waals surface area contributed by atoms with Crippen molar-refractivity contribution in [3.8, 4) is 22.5 Å². The molecule has 0 aliphatic carbocycles. The van der Waals surface area contributed by atoms with Crippen LogP contribution in [0.3, 0.4) is 0 Å². The molecule has 4 aromatic rings. The molecule has 4 amide bonds. The Morgan fingerprint density at radius 2 is 1.94 bits per heavy atom. The third-order valence-corrected chi connectivity index (χ3v) is 13.5. The lowest BCUT2D eigenvalue weighted by molar-refractivity contribution is -0.155. The van der Waals surface area contributed by atoms with Gasteiger partial charge in [-0.3, -0.25) is 24.4 Å². The fourth-order valence-electron chi connectivity index (χ4n) is 9.29. The van der Waals surface area contributed by atoms with E-state index < -0.39 is 41.3 Å². The Morgan fingerprint density at radius 1 is 1.16 bits per heavy atom. The molecule has 6 heterocycles. The maximum absolute atomic E-state index is 14.6. The minimum Gasteiger partial charge on any atom is -0.464 e. The van der Waals surface area contributed by atoms with E-state index in [1.165, 1.54) is 21.2 Å². The maximum atomic E-state index is 14.6. The fourth-order valence-corrected chi connectivity index (χ4v) is 10.1. The first-order valence-electron chi connectivity index (χ1n) is 22.0. The Bertz CT molecular complexity index is 2330. The quantitative estimate of drug-likeness (QED) is 0.194. The number of benzene rings is 1. The van der Waals surface area contributed by atoms with Gasteiger partial charge in [-0.15, -0.1) is 11.3 Å². The Hall–Kier alpha value is -4.94. The summed E-state index contributed by atoms with van der Waals surface area (Å²) in [5.41, 5.74) is 15.5. The molecule has 0 radical (unpaired) electrons. The standard InChI is InChI=1S/C46H63N9O7S/c1-10-54-36-16-15-28-19-30(36)31(41(54)29-13-11-17-48-39(29)27(4)60-8)21-46(5,6)25-62-44(58)33-14-12-18-55(51-33)43(57)34(20-38-49-35(28)24-63-38)50-42(56)40(26(2)3)52(7)45(59)53-22-32(47)37(23-53)61-9/h11,13,15-17,19,24,26-27,32-34,37,40,51H,10,12,14,18,20-23,25,47H2,1-9H3,(H,50,56)/t27-,32-,33-,34-,37-,40-/m0/s1. The van der Waals surface area contributed by atoms with Crippen LogP contribution in [-0.4, -0.2) is 131 Å². The first-order valence-corrected chi connectivity index (χ1v) is 22.9. The molecule has 0 saturated carbocycles. The summed E-state index contributed by atoms with van der Waals surface area (Å²) < 4.78 is 19.7. The minimum atomic E-state index is -1.07. The monoisotopic (exact) mass is 885 g/mol. The average Bonchev–Trinajstić information content (AvgIpc) is 3.98. The molecule has 63 heavy (non-hydrogen) atoms. The van der Waals surface area contributed by atoms with Gasteiger partial charge in [0.15, 0.2) is 0 Å². The van der Waals surface area contributed by atoms with Crippen LogP contribution < -0.4 is 16.5 Å². The van der Waals surface area contributed by atoms with E-state index in [-0.39, 0.29) is 43.2 Å². The average molecular weight is 886 g/mol. The molecule has 2 saturated heterocycles. The van der Waals surface area contributed by atoms with E-state index in [0.717, 1.165) is 44.7 Å². The number of nitrogens with two attached hydrogens (primary N) is 1. The third kappa shape index (κ3) is 9.48. The van der Waals surface area contributed by atoms with E-state index >= 15 is 0 Å². The fraction of sp³-hybridized carbons (Fsp3) is 0.565. The maximum Gasteiger partial charge on any atom is 0.324 e. The Kier molecular flexibility index (Phi) is 13.9.